The molecule has 0 fully saturated rings. The molecule has 2 N–H and O–H groups in total. The average Bonchev–Trinajstić information content (AvgIpc) is 2.46. The van der Waals surface area contributed by atoms with Crippen LogP contribution in [0.2, 0.25) is 0 Å². The van der Waals surface area contributed by atoms with Gasteiger partial charge in [0.15, 0.2) is 0 Å². The van der Waals surface area contributed by atoms with Crippen molar-refractivity contribution < 1.29 is 0 Å². The second kappa shape index (κ2) is 6.13. The van der Waals surface area contributed by atoms with E-state index >= 15 is 0 Å². The summed E-state index contributed by atoms with van der Waals surface area (Å²) in [5, 5.41) is 0. The minimum absolute atomic E-state index is 0.558. The second-order valence-electron chi connectivity index (χ2n) is 4.51. The molecule has 100 valence electrons. The Balaban J connectivity index is 2.50. The van der Waals surface area contributed by atoms with Crippen LogP contribution in [0.4, 0.5) is 11.4 Å². The topological polar surface area (TPSA) is 29.3 Å². The maximum atomic E-state index is 5.94. The Bertz CT molecular complexity index is 566. The van der Waals surface area contributed by atoms with E-state index in [2.05, 4.69) is 67.6 Å². The van der Waals surface area contributed by atoms with Gasteiger partial charge < -0.3 is 10.6 Å². The van der Waals surface area contributed by atoms with Crippen LogP contribution in [0.3, 0.4) is 0 Å². The van der Waals surface area contributed by atoms with Crippen molar-refractivity contribution >= 4 is 23.1 Å². The van der Waals surface area contributed by atoms with E-state index < -0.39 is 0 Å². The van der Waals surface area contributed by atoms with Crippen LogP contribution in [0.1, 0.15) is 11.1 Å². The Hall–Kier alpha value is -1.45. The smallest absolute Gasteiger partial charge is 0.0465 e. The standard InChI is InChI=1S/C16H20N2S/c1-12-7-4-5-8-14(12)18(2)15-9-6-10-16(19-3)13(15)11-17/h4-10H,11,17H2,1-3H3. The van der Waals surface area contributed by atoms with E-state index in [4.69, 9.17) is 5.73 Å². The van der Waals surface area contributed by atoms with Crippen LogP contribution in [0.25, 0.3) is 0 Å². The van der Waals surface area contributed by atoms with Gasteiger partial charge in [-0.2, -0.15) is 0 Å². The molecule has 3 heteroatoms. The molecule has 0 bridgehead atoms. The Kier molecular flexibility index (Phi) is 4.51. The van der Waals surface area contributed by atoms with E-state index in [0.717, 1.165) is 0 Å². The van der Waals surface area contributed by atoms with Crippen molar-refractivity contribution in [3.63, 3.8) is 0 Å². The van der Waals surface area contributed by atoms with Crippen molar-refractivity contribution in [2.75, 3.05) is 18.2 Å². The maximum absolute atomic E-state index is 5.94. The number of hydrogen-bond donors (Lipinski definition) is 1. The highest BCUT2D eigenvalue weighted by atomic mass is 32.2. The summed E-state index contributed by atoms with van der Waals surface area (Å²) in [4.78, 5) is 3.47. The Labute approximate surface area is 119 Å². The van der Waals surface area contributed by atoms with Crippen molar-refractivity contribution in [2.45, 2.75) is 18.4 Å². The fourth-order valence-electron chi connectivity index (χ4n) is 2.33. The first-order valence-electron chi connectivity index (χ1n) is 6.34. The molecule has 0 heterocycles. The summed E-state index contributed by atoms with van der Waals surface area (Å²) in [6.45, 7) is 2.69. The van der Waals surface area contributed by atoms with Crippen LogP contribution >= 0.6 is 11.8 Å². The van der Waals surface area contributed by atoms with Crippen molar-refractivity contribution in [3.8, 4) is 0 Å². The fourth-order valence-corrected chi connectivity index (χ4v) is 2.98. The molecule has 0 aliphatic carbocycles. The number of aryl methyl sites for hydroxylation is 1. The summed E-state index contributed by atoms with van der Waals surface area (Å²) in [5.74, 6) is 0. The number of hydrogen-bond acceptors (Lipinski definition) is 3. The molecule has 2 aromatic rings. The number of nitrogens with two attached hydrogens (primary N) is 1. The summed E-state index contributed by atoms with van der Waals surface area (Å²) in [6.07, 6.45) is 2.09. The molecule has 0 aliphatic heterocycles. The zero-order chi connectivity index (χ0) is 13.8. The lowest BCUT2D eigenvalue weighted by molar-refractivity contribution is 1.01. The van der Waals surface area contributed by atoms with Gasteiger partial charge in [0.1, 0.15) is 0 Å². The lowest BCUT2D eigenvalue weighted by atomic mass is 10.1. The highest BCUT2D eigenvalue weighted by Crippen LogP contribution is 2.33. The molecule has 0 saturated carbocycles. The van der Waals surface area contributed by atoms with Crippen molar-refractivity contribution in [3.05, 3.63) is 53.6 Å². The van der Waals surface area contributed by atoms with Crippen molar-refractivity contribution in [1.29, 1.82) is 0 Å². The maximum Gasteiger partial charge on any atom is 0.0465 e. The Morgan fingerprint density at radius 1 is 1.05 bits per heavy atom. The number of nitrogens with zero attached hydrogens (tertiary/aromatic N) is 1. The average molecular weight is 272 g/mol. The van der Waals surface area contributed by atoms with E-state index in [1.807, 2.05) is 0 Å². The van der Waals surface area contributed by atoms with Gasteiger partial charge in [-0.3, -0.25) is 0 Å². The molecule has 0 spiro atoms. The molecule has 2 aromatic carbocycles. The first-order valence-corrected chi connectivity index (χ1v) is 7.56. The Morgan fingerprint density at radius 3 is 2.37 bits per heavy atom. The first-order chi connectivity index (χ1) is 9.19. The summed E-state index contributed by atoms with van der Waals surface area (Å²) in [7, 11) is 2.10. The third-order valence-corrected chi connectivity index (χ3v) is 4.19. The van der Waals surface area contributed by atoms with Crippen LogP contribution in [-0.4, -0.2) is 13.3 Å². The van der Waals surface area contributed by atoms with Crippen LogP contribution in [-0.2, 0) is 6.54 Å². The van der Waals surface area contributed by atoms with Gasteiger partial charge in [-0.25, -0.2) is 0 Å². The summed E-state index contributed by atoms with van der Waals surface area (Å²) in [6, 6.07) is 14.8. The zero-order valence-corrected chi connectivity index (χ0v) is 12.5. The van der Waals surface area contributed by atoms with Crippen LogP contribution in [0.5, 0.6) is 0 Å². The molecule has 0 aromatic heterocycles. The third-order valence-electron chi connectivity index (χ3n) is 3.37. The van der Waals surface area contributed by atoms with E-state index in [1.54, 1.807) is 11.8 Å². The van der Waals surface area contributed by atoms with Gasteiger partial charge >= 0.3 is 0 Å². The quantitative estimate of drug-likeness (QED) is 0.855. The summed E-state index contributed by atoms with van der Waals surface area (Å²) < 4.78 is 0. The van der Waals surface area contributed by atoms with Gasteiger partial charge in [0.2, 0.25) is 0 Å². The first kappa shape index (κ1) is 14.0. The predicted octanol–water partition coefficient (Wildman–Crippen LogP) is 3.94. The van der Waals surface area contributed by atoms with Crippen LogP contribution in [0.15, 0.2) is 47.4 Å². The number of rotatable bonds is 4. The van der Waals surface area contributed by atoms with Gasteiger partial charge in [-0.15, -0.1) is 11.8 Å². The van der Waals surface area contributed by atoms with Gasteiger partial charge in [0, 0.05) is 35.4 Å². The molecule has 0 saturated heterocycles. The molecule has 2 rings (SSSR count). The minimum atomic E-state index is 0.558. The number of para-hydroxylation sites is 1. The van der Waals surface area contributed by atoms with Gasteiger partial charge in [-0.05, 0) is 36.9 Å². The molecular weight excluding hydrogens is 252 g/mol. The predicted molar refractivity (Wildman–Crippen MR) is 85.4 cm³/mol. The molecule has 0 unspecified atom stereocenters. The molecule has 2 nitrogen and oxygen atoms in total. The third kappa shape index (κ3) is 2.77. The minimum Gasteiger partial charge on any atom is -0.344 e. The monoisotopic (exact) mass is 272 g/mol. The van der Waals surface area contributed by atoms with Crippen molar-refractivity contribution in [2.24, 2.45) is 5.73 Å². The van der Waals surface area contributed by atoms with E-state index in [0.29, 0.717) is 6.54 Å². The molecule has 0 radical (unpaired) electrons. The van der Waals surface area contributed by atoms with Crippen LogP contribution < -0.4 is 10.6 Å². The lowest BCUT2D eigenvalue weighted by Gasteiger charge is -2.25. The second-order valence-corrected chi connectivity index (χ2v) is 5.36. The number of anilines is 2. The number of thioether (sulfide) groups is 1. The zero-order valence-electron chi connectivity index (χ0n) is 11.7. The fraction of sp³-hybridized carbons (Fsp3) is 0.250. The summed E-state index contributed by atoms with van der Waals surface area (Å²) in [5.41, 5.74) is 10.8. The SMILES string of the molecule is CSc1cccc(N(C)c2ccccc2C)c1CN. The Morgan fingerprint density at radius 2 is 1.74 bits per heavy atom. The molecular formula is C16H20N2S. The molecule has 19 heavy (non-hydrogen) atoms. The van der Waals surface area contributed by atoms with E-state index in [9.17, 15) is 0 Å². The van der Waals surface area contributed by atoms with Crippen LogP contribution in [0, 0.1) is 6.92 Å². The van der Waals surface area contributed by atoms with Gasteiger partial charge in [-0.1, -0.05) is 24.3 Å². The molecule has 0 aliphatic rings. The van der Waals surface area contributed by atoms with Gasteiger partial charge in [0.25, 0.3) is 0 Å². The highest BCUT2D eigenvalue weighted by molar-refractivity contribution is 7.98. The summed E-state index contributed by atoms with van der Waals surface area (Å²) >= 11 is 1.74. The highest BCUT2D eigenvalue weighted by Gasteiger charge is 2.12. The normalized spacial score (nSPS) is 10.5. The largest absolute Gasteiger partial charge is 0.344 e. The van der Waals surface area contributed by atoms with Crippen molar-refractivity contribution in [1.82, 2.24) is 0 Å². The molecule has 0 amide bonds. The molecule has 0 atom stereocenters. The van der Waals surface area contributed by atoms with E-state index in [1.165, 1.54) is 27.4 Å². The van der Waals surface area contributed by atoms with Gasteiger partial charge in [0.05, 0.1) is 0 Å². The number of benzene rings is 2. The lowest BCUT2D eigenvalue weighted by Crippen LogP contribution is -2.15. The van der Waals surface area contributed by atoms with E-state index in [-0.39, 0.29) is 0 Å².